The molecule has 1 N–H and O–H groups in total. The zero-order chi connectivity index (χ0) is 12.6. The minimum Gasteiger partial charge on any atom is -0.388 e. The van der Waals surface area contributed by atoms with Gasteiger partial charge in [-0.15, -0.1) is 0 Å². The van der Waals surface area contributed by atoms with Crippen LogP contribution in [0.1, 0.15) is 30.1 Å². The summed E-state index contributed by atoms with van der Waals surface area (Å²) in [6.45, 7) is 0. The lowest BCUT2D eigenvalue weighted by Gasteiger charge is -2.08. The maximum Gasteiger partial charge on any atom is 0.0793 e. The molecule has 0 fully saturated rings. The Balaban J connectivity index is 1.81. The van der Waals surface area contributed by atoms with Crippen molar-refractivity contribution in [1.29, 1.82) is 0 Å². The Morgan fingerprint density at radius 3 is 2.17 bits per heavy atom. The quantitative estimate of drug-likeness (QED) is 0.827. The van der Waals surface area contributed by atoms with E-state index in [2.05, 4.69) is 24.3 Å². The van der Waals surface area contributed by atoms with Gasteiger partial charge in [-0.1, -0.05) is 72.8 Å². The van der Waals surface area contributed by atoms with Crippen molar-refractivity contribution in [3.8, 4) is 0 Å². The zero-order valence-corrected chi connectivity index (χ0v) is 10.4. The zero-order valence-electron chi connectivity index (χ0n) is 10.4. The van der Waals surface area contributed by atoms with E-state index in [9.17, 15) is 5.11 Å². The van der Waals surface area contributed by atoms with Gasteiger partial charge in [0.1, 0.15) is 0 Å². The van der Waals surface area contributed by atoms with E-state index in [4.69, 9.17) is 0 Å². The summed E-state index contributed by atoms with van der Waals surface area (Å²) < 4.78 is 0. The summed E-state index contributed by atoms with van der Waals surface area (Å²) in [5.74, 6) is 0. The lowest BCUT2D eigenvalue weighted by atomic mass is 10.0. The standard InChI is InChI=1S/C17H18O/c18-17(16-12-5-2-6-13-16)14-8-7-11-15-9-3-1-4-10-15/h1-7,9-13,17-18H,8,14H2/b11-7+. The van der Waals surface area contributed by atoms with Crippen LogP contribution < -0.4 is 0 Å². The largest absolute Gasteiger partial charge is 0.388 e. The molecule has 0 aliphatic rings. The van der Waals surface area contributed by atoms with Gasteiger partial charge in [0, 0.05) is 0 Å². The molecule has 0 aromatic heterocycles. The van der Waals surface area contributed by atoms with Crippen molar-refractivity contribution in [2.75, 3.05) is 0 Å². The van der Waals surface area contributed by atoms with E-state index >= 15 is 0 Å². The summed E-state index contributed by atoms with van der Waals surface area (Å²) in [4.78, 5) is 0. The molecule has 0 saturated heterocycles. The first-order valence-electron chi connectivity index (χ1n) is 6.31. The van der Waals surface area contributed by atoms with Crippen molar-refractivity contribution < 1.29 is 5.11 Å². The number of benzene rings is 2. The van der Waals surface area contributed by atoms with Gasteiger partial charge in [0.25, 0.3) is 0 Å². The number of allylic oxidation sites excluding steroid dienone is 1. The number of rotatable bonds is 5. The summed E-state index contributed by atoms with van der Waals surface area (Å²) in [7, 11) is 0. The van der Waals surface area contributed by atoms with Gasteiger partial charge >= 0.3 is 0 Å². The molecule has 0 aliphatic carbocycles. The topological polar surface area (TPSA) is 20.2 Å². The molecule has 0 heterocycles. The molecule has 0 spiro atoms. The van der Waals surface area contributed by atoms with Crippen LogP contribution in [0.3, 0.4) is 0 Å². The van der Waals surface area contributed by atoms with Crippen LogP contribution in [-0.4, -0.2) is 5.11 Å². The van der Waals surface area contributed by atoms with Gasteiger partial charge < -0.3 is 5.11 Å². The first-order valence-corrected chi connectivity index (χ1v) is 6.31. The Hall–Kier alpha value is -1.86. The van der Waals surface area contributed by atoms with E-state index in [0.29, 0.717) is 0 Å². The lowest BCUT2D eigenvalue weighted by molar-refractivity contribution is 0.169. The maximum atomic E-state index is 9.98. The van der Waals surface area contributed by atoms with Crippen LogP contribution >= 0.6 is 0 Å². The second-order valence-electron chi connectivity index (χ2n) is 4.32. The van der Waals surface area contributed by atoms with E-state index in [-0.39, 0.29) is 6.10 Å². The van der Waals surface area contributed by atoms with Gasteiger partial charge in [0.05, 0.1) is 6.10 Å². The average molecular weight is 238 g/mol. The molecule has 1 unspecified atom stereocenters. The Morgan fingerprint density at radius 2 is 1.50 bits per heavy atom. The molecule has 0 saturated carbocycles. The molecule has 1 atom stereocenters. The lowest BCUT2D eigenvalue weighted by Crippen LogP contribution is -1.95. The highest BCUT2D eigenvalue weighted by Gasteiger charge is 2.04. The third-order valence-electron chi connectivity index (χ3n) is 2.90. The van der Waals surface area contributed by atoms with Gasteiger partial charge in [-0.05, 0) is 24.0 Å². The van der Waals surface area contributed by atoms with Crippen LogP contribution in [0.15, 0.2) is 66.7 Å². The van der Waals surface area contributed by atoms with Gasteiger partial charge in [-0.2, -0.15) is 0 Å². The molecule has 1 nitrogen and oxygen atoms in total. The summed E-state index contributed by atoms with van der Waals surface area (Å²) in [6, 6.07) is 20.0. The second kappa shape index (κ2) is 6.77. The third kappa shape index (κ3) is 3.86. The van der Waals surface area contributed by atoms with Crippen molar-refractivity contribution in [3.63, 3.8) is 0 Å². The molecule has 18 heavy (non-hydrogen) atoms. The van der Waals surface area contributed by atoms with Gasteiger partial charge in [0.2, 0.25) is 0 Å². The van der Waals surface area contributed by atoms with E-state index < -0.39 is 0 Å². The first-order chi connectivity index (χ1) is 8.86. The highest BCUT2D eigenvalue weighted by Crippen LogP contribution is 2.18. The van der Waals surface area contributed by atoms with Crippen molar-refractivity contribution in [2.45, 2.75) is 18.9 Å². The highest BCUT2D eigenvalue weighted by atomic mass is 16.3. The summed E-state index contributed by atoms with van der Waals surface area (Å²) >= 11 is 0. The molecule has 2 aromatic rings. The van der Waals surface area contributed by atoms with E-state index in [1.165, 1.54) is 5.56 Å². The molecule has 0 bridgehead atoms. The minimum absolute atomic E-state index is 0.369. The monoisotopic (exact) mass is 238 g/mol. The van der Waals surface area contributed by atoms with Crippen LogP contribution in [-0.2, 0) is 0 Å². The third-order valence-corrected chi connectivity index (χ3v) is 2.90. The molecular weight excluding hydrogens is 220 g/mol. The van der Waals surface area contributed by atoms with Crippen molar-refractivity contribution >= 4 is 6.08 Å². The molecule has 0 aliphatic heterocycles. The van der Waals surface area contributed by atoms with Crippen LogP contribution in [0.2, 0.25) is 0 Å². The molecule has 2 aromatic carbocycles. The average Bonchev–Trinajstić information content (AvgIpc) is 2.45. The molecule has 1 heteroatoms. The van der Waals surface area contributed by atoms with Crippen molar-refractivity contribution in [3.05, 3.63) is 77.9 Å². The SMILES string of the molecule is OC(CC/C=C/c1ccccc1)c1ccccc1. The first kappa shape index (κ1) is 12.6. The predicted octanol–water partition coefficient (Wildman–Crippen LogP) is 4.21. The smallest absolute Gasteiger partial charge is 0.0793 e. The number of aliphatic hydroxyl groups is 1. The fraction of sp³-hybridized carbons (Fsp3) is 0.176. The summed E-state index contributed by atoms with van der Waals surface area (Å²) in [5.41, 5.74) is 2.19. The van der Waals surface area contributed by atoms with Gasteiger partial charge in [0.15, 0.2) is 0 Å². The van der Waals surface area contributed by atoms with E-state index in [1.54, 1.807) is 0 Å². The predicted molar refractivity (Wildman–Crippen MR) is 76.1 cm³/mol. The van der Waals surface area contributed by atoms with Crippen LogP contribution in [0.25, 0.3) is 6.08 Å². The van der Waals surface area contributed by atoms with Gasteiger partial charge in [-0.3, -0.25) is 0 Å². The normalized spacial score (nSPS) is 12.7. The highest BCUT2D eigenvalue weighted by molar-refractivity contribution is 5.48. The minimum atomic E-state index is -0.369. The van der Waals surface area contributed by atoms with Gasteiger partial charge in [-0.25, -0.2) is 0 Å². The molecule has 0 radical (unpaired) electrons. The molecule has 2 rings (SSSR count). The Kier molecular flexibility index (Phi) is 4.74. The number of hydrogen-bond donors (Lipinski definition) is 1. The maximum absolute atomic E-state index is 9.98. The Labute approximate surface area is 108 Å². The molecule has 0 amide bonds. The number of aliphatic hydroxyl groups excluding tert-OH is 1. The van der Waals surface area contributed by atoms with Crippen LogP contribution in [0.4, 0.5) is 0 Å². The Morgan fingerprint density at radius 1 is 0.889 bits per heavy atom. The fourth-order valence-electron chi connectivity index (χ4n) is 1.88. The Bertz CT molecular complexity index is 473. The fourth-order valence-corrected chi connectivity index (χ4v) is 1.88. The number of hydrogen-bond acceptors (Lipinski definition) is 1. The summed E-state index contributed by atoms with van der Waals surface area (Å²) in [5, 5.41) is 9.98. The van der Waals surface area contributed by atoms with E-state index in [1.807, 2.05) is 48.5 Å². The molecule has 92 valence electrons. The summed E-state index contributed by atoms with van der Waals surface area (Å²) in [6.07, 6.45) is 5.48. The van der Waals surface area contributed by atoms with E-state index in [0.717, 1.165) is 18.4 Å². The van der Waals surface area contributed by atoms with Crippen molar-refractivity contribution in [1.82, 2.24) is 0 Å². The van der Waals surface area contributed by atoms with Crippen LogP contribution in [0, 0.1) is 0 Å². The molecular formula is C17H18O. The van der Waals surface area contributed by atoms with Crippen LogP contribution in [0.5, 0.6) is 0 Å². The van der Waals surface area contributed by atoms with Crippen molar-refractivity contribution in [2.24, 2.45) is 0 Å². The second-order valence-corrected chi connectivity index (χ2v) is 4.32.